The van der Waals surface area contributed by atoms with E-state index in [-0.39, 0.29) is 45.1 Å². The van der Waals surface area contributed by atoms with Gasteiger partial charge in [-0.3, -0.25) is 9.59 Å². The van der Waals surface area contributed by atoms with Gasteiger partial charge in [-0.2, -0.15) is 0 Å². The van der Waals surface area contributed by atoms with Gasteiger partial charge in [0, 0.05) is 12.3 Å². The monoisotopic (exact) mass is 512 g/mol. The van der Waals surface area contributed by atoms with E-state index in [2.05, 4.69) is 54.5 Å². The predicted molar refractivity (Wildman–Crippen MR) is 147 cm³/mol. The first-order chi connectivity index (χ1) is 17.1. The van der Waals surface area contributed by atoms with Crippen LogP contribution in [0.3, 0.4) is 0 Å². The fourth-order valence-corrected chi connectivity index (χ4v) is 11.3. The number of hydrogen-bond donors (Lipinski definition) is 0. The Morgan fingerprint density at radius 1 is 0.784 bits per heavy atom. The third kappa shape index (κ3) is 3.58. The SMILES string of the molecule is COC(=O)C12CCC(C)(C)C=C1C1CCC3C4(C)CCC(OC(C)=O)C(C)(C)C4CCC3(C)C1(C)CC2. The van der Waals surface area contributed by atoms with Crippen LogP contribution in [-0.2, 0) is 19.1 Å². The predicted octanol–water partition coefficient (Wildman–Crippen LogP) is 7.89. The van der Waals surface area contributed by atoms with Crippen LogP contribution in [0.1, 0.15) is 120 Å². The van der Waals surface area contributed by atoms with Crippen LogP contribution in [0.2, 0.25) is 0 Å². The summed E-state index contributed by atoms with van der Waals surface area (Å²) in [5, 5.41) is 0. The van der Waals surface area contributed by atoms with Crippen molar-refractivity contribution in [2.45, 2.75) is 126 Å². The van der Waals surface area contributed by atoms with Crippen LogP contribution in [0.4, 0.5) is 0 Å². The van der Waals surface area contributed by atoms with Gasteiger partial charge in [0.1, 0.15) is 6.10 Å². The Morgan fingerprint density at radius 3 is 2.11 bits per heavy atom. The van der Waals surface area contributed by atoms with Crippen molar-refractivity contribution in [3.05, 3.63) is 11.6 Å². The Balaban J connectivity index is 1.54. The number of fused-ring (bicyclic) bond motifs is 7. The normalized spacial score (nSPS) is 47.8. The largest absolute Gasteiger partial charge is 0.468 e. The van der Waals surface area contributed by atoms with E-state index in [1.807, 2.05) is 0 Å². The standard InChI is InChI=1S/C33H52O4/c1-21(34)37-26-13-14-30(6)24(29(26,4)5)12-15-32(8)25(30)11-10-22-23-20-28(2,3)16-18-33(23,27(35)36-9)19-17-31(22,32)7/h20,22,24-26H,10-19H2,1-9H3. The molecule has 4 heteroatoms. The number of carbonyl (C=O) groups excluding carboxylic acids is 2. The molecule has 0 spiro atoms. The van der Waals surface area contributed by atoms with Crippen molar-refractivity contribution in [3.8, 4) is 0 Å². The van der Waals surface area contributed by atoms with Gasteiger partial charge < -0.3 is 9.47 Å². The quantitative estimate of drug-likeness (QED) is 0.279. The summed E-state index contributed by atoms with van der Waals surface area (Å²) >= 11 is 0. The highest BCUT2D eigenvalue weighted by molar-refractivity contribution is 5.81. The molecule has 5 rings (SSSR count). The van der Waals surface area contributed by atoms with Crippen molar-refractivity contribution >= 4 is 11.9 Å². The maximum Gasteiger partial charge on any atom is 0.315 e. The maximum absolute atomic E-state index is 13.4. The number of allylic oxidation sites excluding steroid dienone is 1. The average Bonchev–Trinajstić information content (AvgIpc) is 2.80. The molecule has 0 amide bonds. The molecule has 5 aliphatic rings. The van der Waals surface area contributed by atoms with E-state index in [1.165, 1.54) is 31.3 Å². The Kier molecular flexibility index (Phi) is 6.14. The van der Waals surface area contributed by atoms with Crippen LogP contribution in [0, 0.1) is 50.2 Å². The minimum absolute atomic E-state index is 0.00443. The molecule has 208 valence electrons. The lowest BCUT2D eigenvalue weighted by atomic mass is 9.32. The van der Waals surface area contributed by atoms with E-state index in [4.69, 9.17) is 9.47 Å². The van der Waals surface area contributed by atoms with Gasteiger partial charge in [0.15, 0.2) is 0 Å². The number of esters is 2. The second-order valence-corrected chi connectivity index (χ2v) is 15.7. The maximum atomic E-state index is 13.4. The highest BCUT2D eigenvalue weighted by Crippen LogP contribution is 2.76. The van der Waals surface area contributed by atoms with Crippen LogP contribution < -0.4 is 0 Å². The van der Waals surface area contributed by atoms with Crippen molar-refractivity contribution in [3.63, 3.8) is 0 Å². The first-order valence-electron chi connectivity index (χ1n) is 15.1. The van der Waals surface area contributed by atoms with E-state index in [1.54, 1.807) is 14.0 Å². The molecule has 0 aliphatic heterocycles. The zero-order valence-electron chi connectivity index (χ0n) is 25.1. The van der Waals surface area contributed by atoms with Crippen LogP contribution in [0.5, 0.6) is 0 Å². The van der Waals surface area contributed by atoms with Gasteiger partial charge >= 0.3 is 11.9 Å². The number of methoxy groups -OCH3 is 1. The molecule has 5 aliphatic carbocycles. The van der Waals surface area contributed by atoms with E-state index < -0.39 is 5.41 Å². The number of hydrogen-bond acceptors (Lipinski definition) is 4. The second-order valence-electron chi connectivity index (χ2n) is 15.7. The lowest BCUT2D eigenvalue weighted by Gasteiger charge is -2.72. The van der Waals surface area contributed by atoms with Crippen molar-refractivity contribution in [2.24, 2.45) is 50.2 Å². The van der Waals surface area contributed by atoms with Gasteiger partial charge in [-0.05, 0) is 104 Å². The zero-order chi connectivity index (χ0) is 27.2. The summed E-state index contributed by atoms with van der Waals surface area (Å²) in [5.41, 5.74) is 1.79. The molecule has 0 heterocycles. The molecule has 0 aromatic heterocycles. The minimum atomic E-state index is -0.414. The number of ether oxygens (including phenoxy) is 2. The van der Waals surface area contributed by atoms with E-state index in [0.717, 1.165) is 38.5 Å². The van der Waals surface area contributed by atoms with Crippen molar-refractivity contribution in [2.75, 3.05) is 7.11 Å². The Bertz CT molecular complexity index is 1010. The first kappa shape index (κ1) is 27.3. The Morgan fingerprint density at radius 2 is 1.46 bits per heavy atom. The van der Waals surface area contributed by atoms with Crippen LogP contribution in [-0.4, -0.2) is 25.2 Å². The smallest absolute Gasteiger partial charge is 0.315 e. The van der Waals surface area contributed by atoms with E-state index in [9.17, 15) is 9.59 Å². The third-order valence-electron chi connectivity index (χ3n) is 13.4. The first-order valence-corrected chi connectivity index (χ1v) is 15.1. The summed E-state index contributed by atoms with van der Waals surface area (Å²) in [6.45, 7) is 18.8. The molecule has 4 fully saturated rings. The van der Waals surface area contributed by atoms with Crippen LogP contribution in [0.15, 0.2) is 11.6 Å². The molecule has 0 saturated heterocycles. The third-order valence-corrected chi connectivity index (χ3v) is 13.4. The second kappa shape index (κ2) is 8.34. The van der Waals surface area contributed by atoms with Gasteiger partial charge in [-0.15, -0.1) is 0 Å². The van der Waals surface area contributed by atoms with Crippen LogP contribution >= 0.6 is 0 Å². The summed E-state index contributed by atoms with van der Waals surface area (Å²) in [6.07, 6.45) is 13.5. The summed E-state index contributed by atoms with van der Waals surface area (Å²) in [6, 6.07) is 0. The summed E-state index contributed by atoms with van der Waals surface area (Å²) in [5.74, 6) is 1.52. The summed E-state index contributed by atoms with van der Waals surface area (Å²) < 4.78 is 11.4. The van der Waals surface area contributed by atoms with Gasteiger partial charge in [0.2, 0.25) is 0 Å². The molecule has 4 saturated carbocycles. The highest BCUT2D eigenvalue weighted by Gasteiger charge is 2.70. The van der Waals surface area contributed by atoms with Gasteiger partial charge in [0.25, 0.3) is 0 Å². The van der Waals surface area contributed by atoms with E-state index >= 15 is 0 Å². The Hall–Kier alpha value is -1.32. The number of rotatable bonds is 2. The fraction of sp³-hybridized carbons (Fsp3) is 0.879. The lowest BCUT2D eigenvalue weighted by molar-refractivity contribution is -0.234. The van der Waals surface area contributed by atoms with Gasteiger partial charge in [-0.1, -0.05) is 60.1 Å². The molecule has 0 bridgehead atoms. The summed E-state index contributed by atoms with van der Waals surface area (Å²) in [4.78, 5) is 25.3. The van der Waals surface area contributed by atoms with Gasteiger partial charge in [-0.25, -0.2) is 0 Å². The molecule has 0 aromatic rings. The highest BCUT2D eigenvalue weighted by atomic mass is 16.5. The molecule has 0 radical (unpaired) electrons. The van der Waals surface area contributed by atoms with Crippen molar-refractivity contribution < 1.29 is 19.1 Å². The summed E-state index contributed by atoms with van der Waals surface area (Å²) in [7, 11) is 1.58. The topological polar surface area (TPSA) is 52.6 Å². The van der Waals surface area contributed by atoms with E-state index in [0.29, 0.717) is 17.8 Å². The Labute approximate surface area is 225 Å². The molecule has 8 atom stereocenters. The minimum Gasteiger partial charge on any atom is -0.468 e. The van der Waals surface area contributed by atoms with Crippen LogP contribution in [0.25, 0.3) is 0 Å². The molecular weight excluding hydrogens is 460 g/mol. The molecule has 0 aromatic carbocycles. The number of carbonyl (C=O) groups is 2. The molecule has 4 nitrogen and oxygen atoms in total. The fourth-order valence-electron chi connectivity index (χ4n) is 11.3. The van der Waals surface area contributed by atoms with Gasteiger partial charge in [0.05, 0.1) is 12.5 Å². The molecular formula is C33H52O4. The van der Waals surface area contributed by atoms with Crippen molar-refractivity contribution in [1.82, 2.24) is 0 Å². The molecule has 0 N–H and O–H groups in total. The average molecular weight is 513 g/mol. The molecule has 8 unspecified atom stereocenters. The lowest BCUT2D eigenvalue weighted by Crippen LogP contribution is -2.66. The zero-order valence-corrected chi connectivity index (χ0v) is 25.1. The van der Waals surface area contributed by atoms with Crippen molar-refractivity contribution in [1.29, 1.82) is 0 Å². The molecule has 37 heavy (non-hydrogen) atoms.